The van der Waals surface area contributed by atoms with Crippen LogP contribution in [0.3, 0.4) is 0 Å². The summed E-state index contributed by atoms with van der Waals surface area (Å²) in [6, 6.07) is 5.66. The van der Waals surface area contributed by atoms with Gasteiger partial charge in [0.25, 0.3) is 0 Å². The van der Waals surface area contributed by atoms with Gasteiger partial charge in [-0.15, -0.1) is 0 Å². The summed E-state index contributed by atoms with van der Waals surface area (Å²) in [5.74, 6) is 0. The molecule has 0 N–H and O–H groups in total. The Bertz CT molecular complexity index is 307. The van der Waals surface area contributed by atoms with Gasteiger partial charge >= 0.3 is 94.3 Å². The van der Waals surface area contributed by atoms with Crippen molar-refractivity contribution >= 4 is 15.8 Å². The number of benzene rings is 1. The van der Waals surface area contributed by atoms with E-state index in [1.54, 1.807) is 6.07 Å². The average Bonchev–Trinajstić information content (AvgIpc) is 2.17. The summed E-state index contributed by atoms with van der Waals surface area (Å²) in [6.45, 7) is 2.10. The minimum absolute atomic E-state index is 0.166. The zero-order valence-corrected chi connectivity index (χ0v) is 10.4. The van der Waals surface area contributed by atoms with Crippen LogP contribution < -0.4 is 0 Å². The normalized spacial score (nSPS) is 12.5. The summed E-state index contributed by atoms with van der Waals surface area (Å²) in [6.07, 6.45) is -3.09. The predicted molar refractivity (Wildman–Crippen MR) is 56.0 cm³/mol. The molecule has 1 radical (unpaired) electrons. The zero-order chi connectivity index (χ0) is 11.3. The second-order valence-corrected chi connectivity index (χ2v) is 5.84. The molecule has 0 saturated heterocycles. The van der Waals surface area contributed by atoms with Crippen molar-refractivity contribution in [2.75, 3.05) is 0 Å². The van der Waals surface area contributed by atoms with E-state index < -0.39 is 11.7 Å². The number of halogens is 3. The molecule has 0 heterocycles. The fourth-order valence-electron chi connectivity index (χ4n) is 1.21. The van der Waals surface area contributed by atoms with Crippen LogP contribution in [0.4, 0.5) is 13.2 Å². The Balaban J connectivity index is 2.66. The van der Waals surface area contributed by atoms with Gasteiger partial charge < -0.3 is 0 Å². The van der Waals surface area contributed by atoms with Crippen molar-refractivity contribution in [2.45, 2.75) is 29.9 Å². The molecule has 83 valence electrons. The number of hydrogen-bond acceptors (Lipinski definition) is 0. The van der Waals surface area contributed by atoms with Gasteiger partial charge in [0.2, 0.25) is 0 Å². The third-order valence-electron chi connectivity index (χ3n) is 1.93. The molecule has 4 heteroatoms. The van der Waals surface area contributed by atoms with Gasteiger partial charge in [-0.3, -0.25) is 0 Å². The van der Waals surface area contributed by atoms with Gasteiger partial charge in [0, 0.05) is 0 Å². The SMILES string of the molecule is CCC[As]Cc1cccc(C(F)(F)F)c1. The van der Waals surface area contributed by atoms with Crippen LogP contribution in [0.5, 0.6) is 0 Å². The first-order valence-electron chi connectivity index (χ1n) is 4.83. The van der Waals surface area contributed by atoms with E-state index in [9.17, 15) is 13.2 Å². The van der Waals surface area contributed by atoms with E-state index in [2.05, 4.69) is 6.92 Å². The molecule has 0 aromatic heterocycles. The van der Waals surface area contributed by atoms with Crippen molar-refractivity contribution in [1.82, 2.24) is 0 Å². The van der Waals surface area contributed by atoms with Gasteiger partial charge in [-0.05, 0) is 0 Å². The molecule has 0 saturated carbocycles. The molecule has 0 atom stereocenters. The molecular weight excluding hydrogens is 264 g/mol. The molecular formula is C11H13AsF3. The van der Waals surface area contributed by atoms with Crippen molar-refractivity contribution in [3.8, 4) is 0 Å². The summed E-state index contributed by atoms with van der Waals surface area (Å²) in [4.78, 5) is 0. The number of rotatable bonds is 4. The molecule has 0 aliphatic carbocycles. The van der Waals surface area contributed by atoms with Gasteiger partial charge in [-0.25, -0.2) is 0 Å². The monoisotopic (exact) mass is 277 g/mol. The number of alkyl halides is 3. The van der Waals surface area contributed by atoms with Crippen LogP contribution in [-0.2, 0) is 11.4 Å². The molecule has 0 spiro atoms. The maximum atomic E-state index is 12.4. The molecule has 1 aromatic rings. The molecule has 0 aliphatic heterocycles. The topological polar surface area (TPSA) is 0 Å². The molecule has 0 unspecified atom stereocenters. The third kappa shape index (κ3) is 4.29. The standard InChI is InChI=1S/C11H13AsF3/c1-2-6-12-8-9-4-3-5-10(7-9)11(13,14)15/h3-5,7H,2,6,8H2,1H3. The molecule has 15 heavy (non-hydrogen) atoms. The van der Waals surface area contributed by atoms with E-state index in [0.717, 1.165) is 28.5 Å². The van der Waals surface area contributed by atoms with Crippen LogP contribution >= 0.6 is 0 Å². The van der Waals surface area contributed by atoms with Gasteiger partial charge in [0.15, 0.2) is 0 Å². The molecule has 0 nitrogen and oxygen atoms in total. The first kappa shape index (κ1) is 12.6. The molecule has 0 amide bonds. The molecule has 0 bridgehead atoms. The van der Waals surface area contributed by atoms with Gasteiger partial charge in [-0.2, -0.15) is 0 Å². The van der Waals surface area contributed by atoms with Crippen LogP contribution in [-0.4, -0.2) is 15.8 Å². The molecule has 1 aromatic carbocycles. The van der Waals surface area contributed by atoms with E-state index in [0.29, 0.717) is 0 Å². The first-order valence-corrected chi connectivity index (χ1v) is 7.49. The van der Waals surface area contributed by atoms with Crippen molar-refractivity contribution < 1.29 is 13.2 Å². The molecule has 1 rings (SSSR count). The number of hydrogen-bond donors (Lipinski definition) is 0. The van der Waals surface area contributed by atoms with E-state index in [1.165, 1.54) is 12.1 Å². The van der Waals surface area contributed by atoms with E-state index in [-0.39, 0.29) is 15.8 Å². The van der Waals surface area contributed by atoms with Gasteiger partial charge in [0.05, 0.1) is 0 Å². The molecule has 0 fully saturated rings. The fourth-order valence-corrected chi connectivity index (χ4v) is 3.16. The summed E-state index contributed by atoms with van der Waals surface area (Å²) in [5, 5.41) is 1.99. The Morgan fingerprint density at radius 3 is 2.60 bits per heavy atom. The van der Waals surface area contributed by atoms with Crippen LogP contribution in [0, 0.1) is 0 Å². The van der Waals surface area contributed by atoms with Crippen LogP contribution in [0.25, 0.3) is 0 Å². The zero-order valence-electron chi connectivity index (χ0n) is 8.51. The van der Waals surface area contributed by atoms with Crippen LogP contribution in [0.15, 0.2) is 24.3 Å². The van der Waals surface area contributed by atoms with Gasteiger partial charge in [0.1, 0.15) is 0 Å². The Kier molecular flexibility index (Phi) is 4.72. The van der Waals surface area contributed by atoms with Crippen LogP contribution in [0.2, 0.25) is 5.21 Å². The summed E-state index contributed by atoms with van der Waals surface area (Å²) >= 11 is 0.166. The Hall–Kier alpha value is -0.432. The summed E-state index contributed by atoms with van der Waals surface area (Å²) < 4.78 is 37.1. The summed E-state index contributed by atoms with van der Waals surface area (Å²) in [5.41, 5.74) is 0.288. The van der Waals surface area contributed by atoms with Crippen LogP contribution in [0.1, 0.15) is 24.5 Å². The fraction of sp³-hybridized carbons (Fsp3) is 0.455. The predicted octanol–water partition coefficient (Wildman–Crippen LogP) is 3.74. The second kappa shape index (κ2) is 5.60. The Morgan fingerprint density at radius 2 is 2.00 bits per heavy atom. The second-order valence-electron chi connectivity index (χ2n) is 3.30. The van der Waals surface area contributed by atoms with E-state index in [1.807, 2.05) is 0 Å². The summed E-state index contributed by atoms with van der Waals surface area (Å²) in [7, 11) is 0. The van der Waals surface area contributed by atoms with E-state index >= 15 is 0 Å². The first-order chi connectivity index (χ1) is 7.04. The Labute approximate surface area is 94.6 Å². The minimum atomic E-state index is -4.21. The molecule has 0 aliphatic rings. The maximum absolute atomic E-state index is 12.4. The Morgan fingerprint density at radius 1 is 1.27 bits per heavy atom. The average molecular weight is 277 g/mol. The third-order valence-corrected chi connectivity index (χ3v) is 4.77. The van der Waals surface area contributed by atoms with Crippen molar-refractivity contribution in [1.29, 1.82) is 0 Å². The van der Waals surface area contributed by atoms with E-state index in [4.69, 9.17) is 0 Å². The van der Waals surface area contributed by atoms with Crippen molar-refractivity contribution in [2.24, 2.45) is 0 Å². The van der Waals surface area contributed by atoms with Crippen molar-refractivity contribution in [3.05, 3.63) is 35.4 Å². The van der Waals surface area contributed by atoms with Crippen molar-refractivity contribution in [3.63, 3.8) is 0 Å². The van der Waals surface area contributed by atoms with Gasteiger partial charge in [-0.1, -0.05) is 0 Å². The quantitative estimate of drug-likeness (QED) is 0.581.